The van der Waals surface area contributed by atoms with Gasteiger partial charge < -0.3 is 5.32 Å². The molecule has 0 aliphatic rings. The fraction of sp³-hybridized carbons (Fsp3) is 0.143. The summed E-state index contributed by atoms with van der Waals surface area (Å²) in [6.45, 7) is 4.21. The molecule has 2 aromatic heterocycles. The Labute approximate surface area is 175 Å². The van der Waals surface area contributed by atoms with Crippen molar-refractivity contribution in [2.45, 2.75) is 20.3 Å². The second-order valence-corrected chi connectivity index (χ2v) is 8.68. The molecule has 27 heavy (non-hydrogen) atoms. The van der Waals surface area contributed by atoms with E-state index >= 15 is 0 Å². The number of anilines is 2. The van der Waals surface area contributed by atoms with E-state index in [4.69, 9.17) is 11.6 Å². The molecule has 0 spiro atoms. The number of nitrogens with zero attached hydrogens (tertiary/aromatic N) is 2. The molecule has 4 rings (SSSR count). The molecule has 0 saturated carbocycles. The Hall–Kier alpha value is -1.95. The van der Waals surface area contributed by atoms with Crippen molar-refractivity contribution in [1.82, 2.24) is 9.97 Å². The van der Waals surface area contributed by atoms with Gasteiger partial charge in [0, 0.05) is 25.6 Å². The number of hydrogen-bond acceptors (Lipinski definition) is 4. The highest BCUT2D eigenvalue weighted by atomic mass is 79.9. The molecule has 0 bridgehead atoms. The van der Waals surface area contributed by atoms with Crippen molar-refractivity contribution in [3.63, 3.8) is 0 Å². The van der Waals surface area contributed by atoms with Crippen LogP contribution in [0.25, 0.3) is 21.3 Å². The van der Waals surface area contributed by atoms with Crippen molar-refractivity contribution >= 4 is 60.6 Å². The number of aryl methyl sites for hydroxylation is 2. The van der Waals surface area contributed by atoms with Gasteiger partial charge in [-0.15, -0.1) is 11.3 Å². The van der Waals surface area contributed by atoms with Crippen LogP contribution in [0.4, 0.5) is 11.5 Å². The molecular weight excluding hydrogens is 442 g/mol. The zero-order chi connectivity index (χ0) is 19.0. The second-order valence-electron chi connectivity index (χ2n) is 6.25. The minimum absolute atomic E-state index is 0.727. The van der Waals surface area contributed by atoms with E-state index in [0.29, 0.717) is 0 Å². The molecule has 4 aromatic rings. The number of thiophene rings is 1. The molecule has 0 saturated heterocycles. The van der Waals surface area contributed by atoms with Gasteiger partial charge in [-0.25, -0.2) is 9.97 Å². The number of aromatic nitrogens is 2. The van der Waals surface area contributed by atoms with Gasteiger partial charge in [0.1, 0.15) is 17.0 Å². The SMILES string of the molecule is CCc1sc2ncnc(Nc3ccc(Cl)cc3C)c2c1-c1ccc(Br)cc1. The van der Waals surface area contributed by atoms with Crippen molar-refractivity contribution in [3.05, 3.63) is 68.7 Å². The van der Waals surface area contributed by atoms with E-state index in [1.54, 1.807) is 17.7 Å². The quantitative estimate of drug-likeness (QED) is 0.346. The Kier molecular flexibility index (Phi) is 5.17. The third-order valence-electron chi connectivity index (χ3n) is 4.46. The van der Waals surface area contributed by atoms with Crippen LogP contribution < -0.4 is 5.32 Å². The molecule has 0 aliphatic carbocycles. The smallest absolute Gasteiger partial charge is 0.143 e. The third-order valence-corrected chi connectivity index (χ3v) is 6.46. The third kappa shape index (κ3) is 3.59. The highest BCUT2D eigenvalue weighted by molar-refractivity contribution is 9.10. The maximum Gasteiger partial charge on any atom is 0.143 e. The number of nitrogens with one attached hydrogen (secondary N) is 1. The summed E-state index contributed by atoms with van der Waals surface area (Å²) >= 11 is 11.4. The lowest BCUT2D eigenvalue weighted by molar-refractivity contribution is 1.19. The number of benzene rings is 2. The lowest BCUT2D eigenvalue weighted by Gasteiger charge is -2.12. The molecule has 0 aliphatic heterocycles. The van der Waals surface area contributed by atoms with Crippen LogP contribution in [0.1, 0.15) is 17.4 Å². The highest BCUT2D eigenvalue weighted by Crippen LogP contribution is 2.42. The molecule has 0 atom stereocenters. The van der Waals surface area contributed by atoms with Crippen LogP contribution in [-0.2, 0) is 6.42 Å². The van der Waals surface area contributed by atoms with Crippen molar-refractivity contribution < 1.29 is 0 Å². The molecule has 2 aromatic carbocycles. The largest absolute Gasteiger partial charge is 0.339 e. The van der Waals surface area contributed by atoms with Crippen LogP contribution in [0.5, 0.6) is 0 Å². The fourth-order valence-corrected chi connectivity index (χ4v) is 4.73. The average molecular weight is 459 g/mol. The van der Waals surface area contributed by atoms with Gasteiger partial charge in [-0.1, -0.05) is 46.6 Å². The second kappa shape index (κ2) is 7.58. The Morgan fingerprint density at radius 3 is 2.59 bits per heavy atom. The first-order chi connectivity index (χ1) is 13.1. The van der Waals surface area contributed by atoms with Crippen LogP contribution in [0.15, 0.2) is 53.3 Å². The van der Waals surface area contributed by atoms with Crippen molar-refractivity contribution in [3.8, 4) is 11.1 Å². The summed E-state index contributed by atoms with van der Waals surface area (Å²) in [7, 11) is 0. The summed E-state index contributed by atoms with van der Waals surface area (Å²) in [5, 5.41) is 5.28. The Balaban J connectivity index is 1.91. The van der Waals surface area contributed by atoms with Gasteiger partial charge in [-0.05, 0) is 54.8 Å². The van der Waals surface area contributed by atoms with Gasteiger partial charge in [0.2, 0.25) is 0 Å². The maximum atomic E-state index is 6.10. The molecule has 0 unspecified atom stereocenters. The van der Waals surface area contributed by atoms with Crippen molar-refractivity contribution in [2.24, 2.45) is 0 Å². The summed E-state index contributed by atoms with van der Waals surface area (Å²) in [4.78, 5) is 11.4. The van der Waals surface area contributed by atoms with E-state index in [9.17, 15) is 0 Å². The Morgan fingerprint density at radius 1 is 1.11 bits per heavy atom. The first kappa shape index (κ1) is 18.4. The Morgan fingerprint density at radius 2 is 1.89 bits per heavy atom. The first-order valence-electron chi connectivity index (χ1n) is 8.62. The number of halogens is 2. The van der Waals surface area contributed by atoms with Gasteiger partial charge in [-0.3, -0.25) is 0 Å². The van der Waals surface area contributed by atoms with E-state index in [2.05, 4.69) is 62.4 Å². The first-order valence-corrected chi connectivity index (χ1v) is 10.6. The number of hydrogen-bond donors (Lipinski definition) is 1. The molecule has 136 valence electrons. The van der Waals surface area contributed by atoms with Crippen LogP contribution in [0.2, 0.25) is 5.02 Å². The van der Waals surface area contributed by atoms with Gasteiger partial charge in [-0.2, -0.15) is 0 Å². The van der Waals surface area contributed by atoms with Crippen molar-refractivity contribution in [1.29, 1.82) is 0 Å². The van der Waals surface area contributed by atoms with Crippen LogP contribution in [0.3, 0.4) is 0 Å². The lowest BCUT2D eigenvalue weighted by atomic mass is 10.0. The van der Waals surface area contributed by atoms with E-state index in [0.717, 1.165) is 43.2 Å². The summed E-state index contributed by atoms with van der Waals surface area (Å²) in [6, 6.07) is 14.2. The van der Waals surface area contributed by atoms with Crippen LogP contribution >= 0.6 is 38.9 Å². The predicted molar refractivity (Wildman–Crippen MR) is 119 cm³/mol. The number of fused-ring (bicyclic) bond motifs is 1. The minimum Gasteiger partial charge on any atom is -0.339 e. The maximum absolute atomic E-state index is 6.10. The molecule has 0 amide bonds. The molecule has 0 fully saturated rings. The standard InChI is InChI=1S/C21H17BrClN3S/c1-3-17-18(13-4-6-14(22)7-5-13)19-20(24-11-25-21(19)27-17)26-16-9-8-15(23)10-12(16)2/h4-11H,3H2,1-2H3,(H,24,25,26). The predicted octanol–water partition coefficient (Wildman–Crippen LogP) is 7.39. The summed E-state index contributed by atoms with van der Waals surface area (Å²) in [5.74, 6) is 0.819. The van der Waals surface area contributed by atoms with Gasteiger partial charge >= 0.3 is 0 Å². The molecule has 2 heterocycles. The van der Waals surface area contributed by atoms with Gasteiger partial charge in [0.15, 0.2) is 0 Å². The topological polar surface area (TPSA) is 37.8 Å². The zero-order valence-corrected chi connectivity index (χ0v) is 18.0. The fourth-order valence-electron chi connectivity index (χ4n) is 3.14. The highest BCUT2D eigenvalue weighted by Gasteiger charge is 2.18. The Bertz CT molecular complexity index is 1120. The number of rotatable bonds is 4. The van der Waals surface area contributed by atoms with Gasteiger partial charge in [0.05, 0.1) is 5.39 Å². The van der Waals surface area contributed by atoms with E-state index in [1.807, 2.05) is 25.1 Å². The monoisotopic (exact) mass is 457 g/mol. The lowest BCUT2D eigenvalue weighted by Crippen LogP contribution is -1.97. The van der Waals surface area contributed by atoms with E-state index in [1.165, 1.54) is 16.0 Å². The molecule has 1 N–H and O–H groups in total. The normalized spacial score (nSPS) is 11.1. The molecule has 6 heteroatoms. The summed E-state index contributed by atoms with van der Waals surface area (Å²) in [5.41, 5.74) is 4.45. The summed E-state index contributed by atoms with van der Waals surface area (Å²) in [6.07, 6.45) is 2.57. The van der Waals surface area contributed by atoms with E-state index in [-0.39, 0.29) is 0 Å². The zero-order valence-electron chi connectivity index (χ0n) is 14.9. The summed E-state index contributed by atoms with van der Waals surface area (Å²) < 4.78 is 1.07. The molecule has 3 nitrogen and oxygen atoms in total. The van der Waals surface area contributed by atoms with Crippen LogP contribution in [-0.4, -0.2) is 9.97 Å². The van der Waals surface area contributed by atoms with E-state index < -0.39 is 0 Å². The molecule has 0 radical (unpaired) electrons. The molecular formula is C21H17BrClN3S. The van der Waals surface area contributed by atoms with Crippen molar-refractivity contribution in [2.75, 3.05) is 5.32 Å². The van der Waals surface area contributed by atoms with Crippen LogP contribution in [0, 0.1) is 6.92 Å². The minimum atomic E-state index is 0.727. The van der Waals surface area contributed by atoms with Gasteiger partial charge in [0.25, 0.3) is 0 Å². The average Bonchev–Trinajstić information content (AvgIpc) is 3.04.